The first-order valence-corrected chi connectivity index (χ1v) is 7.16. The van der Waals surface area contributed by atoms with Crippen molar-refractivity contribution in [1.29, 1.82) is 0 Å². The van der Waals surface area contributed by atoms with E-state index in [0.29, 0.717) is 10.3 Å². The standard InChI is InChI=1S/C14H23P.ClH/c1-13(2,3)15(14(4,5)6)12-10-8-7-9-11-12;/h7-11H,1-6H3;1H. The van der Waals surface area contributed by atoms with Crippen LogP contribution in [0.2, 0.25) is 0 Å². The van der Waals surface area contributed by atoms with Crippen molar-refractivity contribution in [2.45, 2.75) is 51.9 Å². The fraction of sp³-hybridized carbons (Fsp3) is 0.571. The second-order valence-electron chi connectivity index (χ2n) is 6.24. The van der Waals surface area contributed by atoms with Crippen molar-refractivity contribution in [3.8, 4) is 0 Å². The molecule has 0 amide bonds. The van der Waals surface area contributed by atoms with Crippen molar-refractivity contribution < 1.29 is 12.4 Å². The molecule has 0 radical (unpaired) electrons. The van der Waals surface area contributed by atoms with Crippen LogP contribution in [0.4, 0.5) is 0 Å². The maximum absolute atomic E-state index is 2.37. The molecule has 1 rings (SSSR count). The van der Waals surface area contributed by atoms with Crippen LogP contribution in [-0.4, -0.2) is 10.3 Å². The molecule has 0 atom stereocenters. The number of benzene rings is 1. The lowest BCUT2D eigenvalue weighted by molar-refractivity contribution is -0.00000384. The largest absolute Gasteiger partial charge is 1.00 e. The molecule has 0 unspecified atom stereocenters. The molecule has 0 saturated heterocycles. The highest BCUT2D eigenvalue weighted by molar-refractivity contribution is 7.68. The van der Waals surface area contributed by atoms with E-state index in [2.05, 4.69) is 71.9 Å². The maximum Gasteiger partial charge on any atom is 0.0925 e. The molecule has 0 aliphatic rings. The first-order chi connectivity index (χ1) is 6.73. The molecule has 92 valence electrons. The zero-order valence-electron chi connectivity index (χ0n) is 11.3. The van der Waals surface area contributed by atoms with Gasteiger partial charge in [0.2, 0.25) is 0 Å². The minimum Gasteiger partial charge on any atom is -1.00 e. The minimum absolute atomic E-state index is 0. The molecule has 2 heteroatoms. The Hall–Kier alpha value is -0.0600. The maximum atomic E-state index is 2.37. The van der Waals surface area contributed by atoms with Gasteiger partial charge in [0.05, 0.1) is 15.6 Å². The predicted molar refractivity (Wildman–Crippen MR) is 73.9 cm³/mol. The Morgan fingerprint density at radius 3 is 1.44 bits per heavy atom. The predicted octanol–water partition coefficient (Wildman–Crippen LogP) is 1.13. The lowest BCUT2D eigenvalue weighted by Crippen LogP contribution is -3.00. The Morgan fingerprint density at radius 1 is 0.750 bits per heavy atom. The zero-order chi connectivity index (χ0) is 11.7. The third-order valence-corrected chi connectivity index (χ3v) is 6.47. The molecule has 0 aliphatic heterocycles. The molecule has 0 aliphatic carbocycles. The molecule has 0 spiro atoms. The van der Waals surface area contributed by atoms with Crippen LogP contribution in [0.3, 0.4) is 0 Å². The molecule has 0 bridgehead atoms. The van der Waals surface area contributed by atoms with Crippen LogP contribution in [-0.2, 0) is 0 Å². The summed E-state index contributed by atoms with van der Waals surface area (Å²) in [7, 11) is -0.553. The van der Waals surface area contributed by atoms with Crippen LogP contribution < -0.4 is 17.7 Å². The number of hydrogen-bond donors (Lipinski definition) is 0. The summed E-state index contributed by atoms with van der Waals surface area (Å²) in [6.45, 7) is 14.2. The summed E-state index contributed by atoms with van der Waals surface area (Å²) >= 11 is 0. The lowest BCUT2D eigenvalue weighted by Gasteiger charge is -2.33. The fourth-order valence-corrected chi connectivity index (χ4v) is 7.10. The Morgan fingerprint density at radius 2 is 1.12 bits per heavy atom. The summed E-state index contributed by atoms with van der Waals surface area (Å²) in [5.41, 5.74) is 0. The molecule has 16 heavy (non-hydrogen) atoms. The van der Waals surface area contributed by atoms with Crippen molar-refractivity contribution >= 4 is 13.2 Å². The van der Waals surface area contributed by atoms with Crippen LogP contribution in [0.15, 0.2) is 30.3 Å². The Kier molecular flexibility index (Phi) is 5.50. The second-order valence-corrected chi connectivity index (χ2v) is 10.6. The molecule has 0 N–H and O–H groups in total. The summed E-state index contributed by atoms with van der Waals surface area (Å²) in [5.74, 6) is 0. The average molecular weight is 259 g/mol. The fourth-order valence-electron chi connectivity index (χ4n) is 2.60. The van der Waals surface area contributed by atoms with E-state index in [1.165, 1.54) is 0 Å². The average Bonchev–Trinajstić information content (AvgIpc) is 2.00. The third kappa shape index (κ3) is 4.07. The highest BCUT2D eigenvalue weighted by atomic mass is 35.5. The SMILES string of the molecule is CC(C)(C)[PH+](c1ccccc1)C(C)(C)C.[Cl-]. The van der Waals surface area contributed by atoms with Gasteiger partial charge in [-0.15, -0.1) is 0 Å². The van der Waals surface area contributed by atoms with Gasteiger partial charge < -0.3 is 12.4 Å². The summed E-state index contributed by atoms with van der Waals surface area (Å²) in [6, 6.07) is 11.0. The molecule has 0 aromatic heterocycles. The van der Waals surface area contributed by atoms with Crippen LogP contribution in [0.1, 0.15) is 41.5 Å². The van der Waals surface area contributed by atoms with Crippen LogP contribution >= 0.6 is 7.92 Å². The molecule has 0 nitrogen and oxygen atoms in total. The topological polar surface area (TPSA) is 0 Å². The van der Waals surface area contributed by atoms with Gasteiger partial charge in [-0.25, -0.2) is 0 Å². The van der Waals surface area contributed by atoms with E-state index in [0.717, 1.165) is 0 Å². The molecule has 0 fully saturated rings. The van der Waals surface area contributed by atoms with Crippen LogP contribution in [0.25, 0.3) is 0 Å². The lowest BCUT2D eigenvalue weighted by atomic mass is 10.2. The second kappa shape index (κ2) is 5.52. The van der Waals surface area contributed by atoms with E-state index in [-0.39, 0.29) is 12.4 Å². The van der Waals surface area contributed by atoms with Gasteiger partial charge in [0, 0.05) is 7.92 Å². The highest BCUT2D eigenvalue weighted by Crippen LogP contribution is 2.57. The van der Waals surface area contributed by atoms with E-state index in [1.54, 1.807) is 5.30 Å². The molecular formula is C14H24ClP. The van der Waals surface area contributed by atoms with Gasteiger partial charge in [-0.3, -0.25) is 0 Å². The summed E-state index contributed by atoms with van der Waals surface area (Å²) in [5, 5.41) is 2.37. The van der Waals surface area contributed by atoms with Crippen LogP contribution in [0.5, 0.6) is 0 Å². The Balaban J connectivity index is 0.00000225. The van der Waals surface area contributed by atoms with Gasteiger partial charge in [0.1, 0.15) is 0 Å². The number of rotatable bonds is 1. The zero-order valence-corrected chi connectivity index (χ0v) is 13.0. The van der Waals surface area contributed by atoms with E-state index in [1.807, 2.05) is 0 Å². The van der Waals surface area contributed by atoms with Crippen LogP contribution in [0, 0.1) is 0 Å². The van der Waals surface area contributed by atoms with Gasteiger partial charge in [-0.05, 0) is 53.7 Å². The number of hydrogen-bond acceptors (Lipinski definition) is 0. The minimum atomic E-state index is -0.553. The molecule has 1 aromatic rings. The van der Waals surface area contributed by atoms with Gasteiger partial charge in [-0.2, -0.15) is 0 Å². The monoisotopic (exact) mass is 258 g/mol. The van der Waals surface area contributed by atoms with Gasteiger partial charge >= 0.3 is 0 Å². The van der Waals surface area contributed by atoms with E-state index >= 15 is 0 Å². The van der Waals surface area contributed by atoms with E-state index in [4.69, 9.17) is 0 Å². The summed E-state index contributed by atoms with van der Waals surface area (Å²) < 4.78 is 0. The highest BCUT2D eigenvalue weighted by Gasteiger charge is 2.43. The summed E-state index contributed by atoms with van der Waals surface area (Å²) in [6.07, 6.45) is 0. The van der Waals surface area contributed by atoms with Crippen molar-refractivity contribution in [3.63, 3.8) is 0 Å². The molecule has 0 heterocycles. The molecule has 1 aromatic carbocycles. The van der Waals surface area contributed by atoms with Gasteiger partial charge in [-0.1, -0.05) is 18.2 Å². The smallest absolute Gasteiger partial charge is 0.0925 e. The first-order valence-electron chi connectivity index (χ1n) is 5.66. The third-order valence-electron chi connectivity index (χ3n) is 2.56. The molecule has 0 saturated carbocycles. The van der Waals surface area contributed by atoms with Crippen molar-refractivity contribution in [3.05, 3.63) is 30.3 Å². The van der Waals surface area contributed by atoms with E-state index < -0.39 is 7.92 Å². The molecular weight excluding hydrogens is 235 g/mol. The van der Waals surface area contributed by atoms with Gasteiger partial charge in [0.25, 0.3) is 0 Å². The van der Waals surface area contributed by atoms with Crippen molar-refractivity contribution in [1.82, 2.24) is 0 Å². The summed E-state index contributed by atoms with van der Waals surface area (Å²) in [4.78, 5) is 0. The van der Waals surface area contributed by atoms with E-state index in [9.17, 15) is 0 Å². The normalized spacial score (nSPS) is 12.4. The first kappa shape index (κ1) is 15.9. The number of halogens is 1. The Bertz CT molecular complexity index is 292. The van der Waals surface area contributed by atoms with Crippen molar-refractivity contribution in [2.24, 2.45) is 0 Å². The quantitative estimate of drug-likeness (QED) is 0.663. The van der Waals surface area contributed by atoms with Gasteiger partial charge in [0.15, 0.2) is 0 Å². The van der Waals surface area contributed by atoms with Crippen molar-refractivity contribution in [2.75, 3.05) is 0 Å². The Labute approximate surface area is 108 Å².